The molecule has 0 fully saturated rings. The van der Waals surface area contributed by atoms with Crippen molar-refractivity contribution in [1.29, 1.82) is 0 Å². The van der Waals surface area contributed by atoms with Crippen molar-refractivity contribution in [2.75, 3.05) is 0 Å². The Morgan fingerprint density at radius 2 is 2.21 bits per heavy atom. The lowest BCUT2D eigenvalue weighted by atomic mass is 9.78. The summed E-state index contributed by atoms with van der Waals surface area (Å²) in [6, 6.07) is 8.25. The summed E-state index contributed by atoms with van der Waals surface area (Å²) in [5.41, 5.74) is 2.72. The fourth-order valence-corrected chi connectivity index (χ4v) is 3.35. The van der Waals surface area contributed by atoms with E-state index in [1.54, 1.807) is 6.20 Å². The number of nitrogens with zero attached hydrogens (tertiary/aromatic N) is 2. The molecule has 3 rings (SSSR count). The molecule has 0 saturated carbocycles. The average molecular weight is 321 g/mol. The number of benzene rings is 1. The SMILES string of the molecule is CCn1nccc1C1(O)CCc2cc(Br)ccc2C1. The summed E-state index contributed by atoms with van der Waals surface area (Å²) in [5.74, 6) is 0. The second kappa shape index (κ2) is 4.76. The summed E-state index contributed by atoms with van der Waals surface area (Å²) in [6.45, 7) is 2.84. The van der Waals surface area contributed by atoms with E-state index in [1.165, 1.54) is 11.1 Å². The van der Waals surface area contributed by atoms with Gasteiger partial charge in [0, 0.05) is 23.6 Å². The van der Waals surface area contributed by atoms with Crippen molar-refractivity contribution < 1.29 is 5.11 Å². The van der Waals surface area contributed by atoms with Gasteiger partial charge in [-0.1, -0.05) is 22.0 Å². The summed E-state index contributed by atoms with van der Waals surface area (Å²) >= 11 is 3.50. The molecule has 0 bridgehead atoms. The van der Waals surface area contributed by atoms with Crippen LogP contribution in [0.1, 0.15) is 30.2 Å². The van der Waals surface area contributed by atoms with Gasteiger partial charge in [0.05, 0.1) is 5.69 Å². The van der Waals surface area contributed by atoms with Crippen LogP contribution in [0, 0.1) is 0 Å². The van der Waals surface area contributed by atoms with Gasteiger partial charge in [0.25, 0.3) is 0 Å². The number of hydrogen-bond donors (Lipinski definition) is 1. The molecule has 0 aliphatic heterocycles. The van der Waals surface area contributed by atoms with Crippen LogP contribution < -0.4 is 0 Å². The molecule has 0 amide bonds. The maximum atomic E-state index is 11.0. The molecule has 1 aliphatic carbocycles. The molecule has 100 valence electrons. The van der Waals surface area contributed by atoms with Crippen LogP contribution in [0.3, 0.4) is 0 Å². The summed E-state index contributed by atoms with van der Waals surface area (Å²) in [5, 5.41) is 15.3. The van der Waals surface area contributed by atoms with Gasteiger partial charge in [-0.05, 0) is 49.1 Å². The van der Waals surface area contributed by atoms with E-state index < -0.39 is 5.60 Å². The molecule has 19 heavy (non-hydrogen) atoms. The first-order chi connectivity index (χ1) is 9.12. The monoisotopic (exact) mass is 320 g/mol. The lowest BCUT2D eigenvalue weighted by Gasteiger charge is -2.34. The Bertz CT molecular complexity index is 608. The van der Waals surface area contributed by atoms with E-state index in [4.69, 9.17) is 0 Å². The highest BCUT2D eigenvalue weighted by Crippen LogP contribution is 2.37. The number of fused-ring (bicyclic) bond motifs is 1. The highest BCUT2D eigenvalue weighted by atomic mass is 79.9. The zero-order chi connectivity index (χ0) is 13.5. The Morgan fingerprint density at radius 3 is 3.00 bits per heavy atom. The normalized spacial score (nSPS) is 22.3. The second-order valence-corrected chi connectivity index (χ2v) is 6.07. The number of halogens is 1. The third-order valence-electron chi connectivity index (χ3n) is 3.95. The highest BCUT2D eigenvalue weighted by Gasteiger charge is 2.36. The van der Waals surface area contributed by atoms with E-state index in [1.807, 2.05) is 23.7 Å². The van der Waals surface area contributed by atoms with Crippen LogP contribution in [0.25, 0.3) is 0 Å². The van der Waals surface area contributed by atoms with Gasteiger partial charge in [-0.15, -0.1) is 0 Å². The molecular weight excluding hydrogens is 304 g/mol. The summed E-state index contributed by atoms with van der Waals surface area (Å²) in [4.78, 5) is 0. The van der Waals surface area contributed by atoms with Gasteiger partial charge >= 0.3 is 0 Å². The van der Waals surface area contributed by atoms with Crippen molar-refractivity contribution in [1.82, 2.24) is 9.78 Å². The van der Waals surface area contributed by atoms with E-state index >= 15 is 0 Å². The first kappa shape index (κ1) is 12.9. The summed E-state index contributed by atoms with van der Waals surface area (Å²) in [7, 11) is 0. The van der Waals surface area contributed by atoms with Crippen molar-refractivity contribution in [2.24, 2.45) is 0 Å². The van der Waals surface area contributed by atoms with Crippen LogP contribution in [0.4, 0.5) is 0 Å². The molecule has 1 heterocycles. The number of aryl methyl sites for hydroxylation is 2. The van der Waals surface area contributed by atoms with E-state index in [0.29, 0.717) is 6.42 Å². The minimum Gasteiger partial charge on any atom is -0.383 e. The van der Waals surface area contributed by atoms with Crippen molar-refractivity contribution in [3.8, 4) is 0 Å². The maximum Gasteiger partial charge on any atom is 0.110 e. The van der Waals surface area contributed by atoms with Crippen LogP contribution in [0.15, 0.2) is 34.9 Å². The van der Waals surface area contributed by atoms with Crippen molar-refractivity contribution in [3.63, 3.8) is 0 Å². The molecule has 1 atom stereocenters. The van der Waals surface area contributed by atoms with E-state index in [-0.39, 0.29) is 0 Å². The Labute approximate surface area is 121 Å². The molecule has 2 aromatic rings. The number of aliphatic hydroxyl groups is 1. The number of rotatable bonds is 2. The molecule has 3 nitrogen and oxygen atoms in total. The average Bonchev–Trinajstić information content (AvgIpc) is 2.88. The molecule has 4 heteroatoms. The maximum absolute atomic E-state index is 11.0. The van der Waals surface area contributed by atoms with Crippen LogP contribution in [-0.2, 0) is 25.0 Å². The van der Waals surface area contributed by atoms with Crippen LogP contribution in [-0.4, -0.2) is 14.9 Å². The fraction of sp³-hybridized carbons (Fsp3) is 0.400. The molecule has 0 radical (unpaired) electrons. The number of aromatic nitrogens is 2. The molecule has 1 aliphatic rings. The van der Waals surface area contributed by atoms with E-state index in [9.17, 15) is 5.11 Å². The fourth-order valence-electron chi connectivity index (χ4n) is 2.94. The van der Waals surface area contributed by atoms with Crippen LogP contribution in [0.5, 0.6) is 0 Å². The minimum atomic E-state index is -0.784. The van der Waals surface area contributed by atoms with Gasteiger partial charge in [-0.2, -0.15) is 5.10 Å². The van der Waals surface area contributed by atoms with Gasteiger partial charge in [0.15, 0.2) is 0 Å². The van der Waals surface area contributed by atoms with Crippen LogP contribution >= 0.6 is 15.9 Å². The molecular formula is C15H17BrN2O. The van der Waals surface area contributed by atoms with Crippen LogP contribution in [0.2, 0.25) is 0 Å². The highest BCUT2D eigenvalue weighted by molar-refractivity contribution is 9.10. The lowest BCUT2D eigenvalue weighted by molar-refractivity contribution is 0.0135. The first-order valence-corrected chi connectivity index (χ1v) is 7.43. The Morgan fingerprint density at radius 1 is 1.37 bits per heavy atom. The van der Waals surface area contributed by atoms with Crippen molar-refractivity contribution in [3.05, 3.63) is 51.8 Å². The van der Waals surface area contributed by atoms with Gasteiger partial charge < -0.3 is 5.11 Å². The number of hydrogen-bond acceptors (Lipinski definition) is 2. The summed E-state index contributed by atoms with van der Waals surface area (Å²) in [6.07, 6.45) is 4.09. The quantitative estimate of drug-likeness (QED) is 0.923. The third-order valence-corrected chi connectivity index (χ3v) is 4.45. The Kier molecular flexibility index (Phi) is 3.23. The molecule has 0 spiro atoms. The zero-order valence-corrected chi connectivity index (χ0v) is 12.5. The topological polar surface area (TPSA) is 38.0 Å². The second-order valence-electron chi connectivity index (χ2n) is 5.15. The molecule has 0 saturated heterocycles. The first-order valence-electron chi connectivity index (χ1n) is 6.64. The minimum absolute atomic E-state index is 0.668. The van der Waals surface area contributed by atoms with Crippen molar-refractivity contribution >= 4 is 15.9 Å². The predicted molar refractivity (Wildman–Crippen MR) is 78.0 cm³/mol. The Hall–Kier alpha value is -1.13. The van der Waals surface area contributed by atoms with E-state index in [0.717, 1.165) is 29.6 Å². The molecule has 1 aromatic heterocycles. The lowest BCUT2D eigenvalue weighted by Crippen LogP contribution is -2.35. The van der Waals surface area contributed by atoms with Crippen molar-refractivity contribution in [2.45, 2.75) is 38.3 Å². The van der Waals surface area contributed by atoms with Gasteiger partial charge in [-0.3, -0.25) is 4.68 Å². The standard InChI is InChI=1S/C15H17BrN2O/c1-2-18-14(6-8-17-18)15(19)7-5-11-9-13(16)4-3-12(11)10-15/h3-4,6,8-9,19H,2,5,7,10H2,1H3. The molecule has 1 N–H and O–H groups in total. The molecule has 1 aromatic carbocycles. The summed E-state index contributed by atoms with van der Waals surface area (Å²) < 4.78 is 3.00. The van der Waals surface area contributed by atoms with Gasteiger partial charge in [0.2, 0.25) is 0 Å². The largest absolute Gasteiger partial charge is 0.383 e. The third kappa shape index (κ3) is 2.23. The molecule has 1 unspecified atom stereocenters. The van der Waals surface area contributed by atoms with Gasteiger partial charge in [-0.25, -0.2) is 0 Å². The zero-order valence-electron chi connectivity index (χ0n) is 10.9. The van der Waals surface area contributed by atoms with E-state index in [2.05, 4.69) is 33.2 Å². The van der Waals surface area contributed by atoms with Gasteiger partial charge in [0.1, 0.15) is 5.60 Å². The Balaban J connectivity index is 1.98. The predicted octanol–water partition coefficient (Wildman–Crippen LogP) is 3.04. The smallest absolute Gasteiger partial charge is 0.110 e.